The summed E-state index contributed by atoms with van der Waals surface area (Å²) in [7, 11) is 0. The molecule has 0 bridgehead atoms. The molecule has 0 radical (unpaired) electrons. The summed E-state index contributed by atoms with van der Waals surface area (Å²) in [4.78, 5) is 11.2. The molecule has 0 N–H and O–H groups in total. The predicted octanol–water partition coefficient (Wildman–Crippen LogP) is 2.31. The molecular weight excluding hydrogens is 144 g/mol. The fraction of sp³-hybridized carbons (Fsp3) is 0.875. The van der Waals surface area contributed by atoms with E-state index in [1.807, 2.05) is 20.8 Å². The summed E-state index contributed by atoms with van der Waals surface area (Å²) in [5, 5.41) is 0. The second kappa shape index (κ2) is 4.02. The first-order chi connectivity index (χ1) is 4.54. The third kappa shape index (κ3) is 2.74. The fourth-order valence-corrected chi connectivity index (χ4v) is 1.46. The Hall–Kier alpha value is 0.0200. The SMILES string of the molecule is CCC(=O)C(C)(C)CCS. The maximum Gasteiger partial charge on any atom is 0.138 e. The van der Waals surface area contributed by atoms with E-state index in [-0.39, 0.29) is 5.41 Å². The van der Waals surface area contributed by atoms with Crippen molar-refractivity contribution in [3.8, 4) is 0 Å². The molecule has 0 aromatic heterocycles. The molecule has 0 aromatic rings. The van der Waals surface area contributed by atoms with Gasteiger partial charge in [-0.3, -0.25) is 4.79 Å². The average molecular weight is 160 g/mol. The van der Waals surface area contributed by atoms with E-state index in [2.05, 4.69) is 12.6 Å². The second-order valence-electron chi connectivity index (χ2n) is 3.13. The molecule has 0 spiro atoms. The van der Waals surface area contributed by atoms with Crippen molar-refractivity contribution in [3.63, 3.8) is 0 Å². The Morgan fingerprint density at radius 3 is 2.30 bits per heavy atom. The second-order valence-corrected chi connectivity index (χ2v) is 3.58. The van der Waals surface area contributed by atoms with Crippen LogP contribution >= 0.6 is 12.6 Å². The van der Waals surface area contributed by atoms with Crippen LogP contribution in [0.1, 0.15) is 33.6 Å². The third-order valence-corrected chi connectivity index (χ3v) is 2.04. The molecule has 0 rings (SSSR count). The van der Waals surface area contributed by atoms with Crippen LogP contribution in [-0.2, 0) is 4.79 Å². The minimum Gasteiger partial charge on any atom is -0.299 e. The lowest BCUT2D eigenvalue weighted by molar-refractivity contribution is -0.126. The largest absolute Gasteiger partial charge is 0.299 e. The van der Waals surface area contributed by atoms with Crippen LogP contribution < -0.4 is 0 Å². The van der Waals surface area contributed by atoms with E-state index in [1.54, 1.807) is 0 Å². The maximum atomic E-state index is 11.2. The molecule has 0 aliphatic rings. The zero-order chi connectivity index (χ0) is 8.20. The van der Waals surface area contributed by atoms with E-state index < -0.39 is 0 Å². The zero-order valence-corrected chi connectivity index (χ0v) is 7.87. The molecule has 0 aromatic carbocycles. The van der Waals surface area contributed by atoms with Gasteiger partial charge in [-0.25, -0.2) is 0 Å². The van der Waals surface area contributed by atoms with E-state index in [4.69, 9.17) is 0 Å². The minimum atomic E-state index is -0.156. The average Bonchev–Trinajstić information content (AvgIpc) is 1.86. The monoisotopic (exact) mass is 160 g/mol. The van der Waals surface area contributed by atoms with Gasteiger partial charge >= 0.3 is 0 Å². The number of Topliss-reactive ketones (excluding diaryl/α,β-unsaturated/α-hetero) is 1. The van der Waals surface area contributed by atoms with Crippen molar-refractivity contribution in [1.29, 1.82) is 0 Å². The maximum absolute atomic E-state index is 11.2. The zero-order valence-electron chi connectivity index (χ0n) is 6.98. The van der Waals surface area contributed by atoms with Crippen LogP contribution in [0, 0.1) is 5.41 Å². The summed E-state index contributed by atoms with van der Waals surface area (Å²) in [5.74, 6) is 1.13. The van der Waals surface area contributed by atoms with Crippen LogP contribution in [0.2, 0.25) is 0 Å². The molecule has 60 valence electrons. The first kappa shape index (κ1) is 10.0. The van der Waals surface area contributed by atoms with Gasteiger partial charge < -0.3 is 0 Å². The van der Waals surface area contributed by atoms with Crippen LogP contribution in [0.25, 0.3) is 0 Å². The quantitative estimate of drug-likeness (QED) is 0.624. The molecule has 0 amide bonds. The van der Waals surface area contributed by atoms with Crippen molar-refractivity contribution in [3.05, 3.63) is 0 Å². The Bertz CT molecular complexity index is 118. The molecule has 0 unspecified atom stereocenters. The van der Waals surface area contributed by atoms with E-state index >= 15 is 0 Å². The highest BCUT2D eigenvalue weighted by Gasteiger charge is 2.24. The highest BCUT2D eigenvalue weighted by Crippen LogP contribution is 2.23. The highest BCUT2D eigenvalue weighted by atomic mass is 32.1. The number of carbonyl (C=O) groups is 1. The summed E-state index contributed by atoms with van der Waals surface area (Å²) in [6, 6.07) is 0. The minimum absolute atomic E-state index is 0.156. The van der Waals surface area contributed by atoms with Gasteiger partial charge in [0.2, 0.25) is 0 Å². The Morgan fingerprint density at radius 1 is 1.50 bits per heavy atom. The predicted molar refractivity (Wildman–Crippen MR) is 47.5 cm³/mol. The molecule has 2 heteroatoms. The van der Waals surface area contributed by atoms with Crippen molar-refractivity contribution >= 4 is 18.4 Å². The fourth-order valence-electron chi connectivity index (χ4n) is 0.897. The molecule has 0 aliphatic carbocycles. The summed E-state index contributed by atoms with van der Waals surface area (Å²) < 4.78 is 0. The first-order valence-corrected chi connectivity index (χ1v) is 4.32. The van der Waals surface area contributed by atoms with Gasteiger partial charge in [-0.1, -0.05) is 20.8 Å². The molecule has 0 saturated heterocycles. The lowest BCUT2D eigenvalue weighted by Gasteiger charge is -2.20. The van der Waals surface area contributed by atoms with Crippen LogP contribution in [0.4, 0.5) is 0 Å². The van der Waals surface area contributed by atoms with Crippen LogP contribution in [0.15, 0.2) is 0 Å². The smallest absolute Gasteiger partial charge is 0.138 e. The Morgan fingerprint density at radius 2 is 2.00 bits per heavy atom. The first-order valence-electron chi connectivity index (χ1n) is 3.68. The number of hydrogen-bond donors (Lipinski definition) is 1. The van der Waals surface area contributed by atoms with Gasteiger partial charge in [0.1, 0.15) is 5.78 Å². The van der Waals surface area contributed by atoms with Gasteiger partial charge in [0.05, 0.1) is 0 Å². The van der Waals surface area contributed by atoms with E-state index in [9.17, 15) is 4.79 Å². The van der Waals surface area contributed by atoms with E-state index in [0.717, 1.165) is 12.2 Å². The van der Waals surface area contributed by atoms with Gasteiger partial charge in [-0.2, -0.15) is 12.6 Å². The van der Waals surface area contributed by atoms with Crippen molar-refractivity contribution in [2.24, 2.45) is 5.41 Å². The van der Waals surface area contributed by atoms with Crippen molar-refractivity contribution < 1.29 is 4.79 Å². The van der Waals surface area contributed by atoms with Crippen LogP contribution in [-0.4, -0.2) is 11.5 Å². The number of ketones is 1. The lowest BCUT2D eigenvalue weighted by Crippen LogP contribution is -2.23. The summed E-state index contributed by atoms with van der Waals surface area (Å²) in [5.41, 5.74) is -0.156. The van der Waals surface area contributed by atoms with Crippen molar-refractivity contribution in [2.45, 2.75) is 33.6 Å². The molecule has 0 atom stereocenters. The number of rotatable bonds is 4. The lowest BCUT2D eigenvalue weighted by atomic mass is 9.84. The highest BCUT2D eigenvalue weighted by molar-refractivity contribution is 7.80. The topological polar surface area (TPSA) is 17.1 Å². The molecule has 0 saturated carbocycles. The number of thiol groups is 1. The van der Waals surface area contributed by atoms with Gasteiger partial charge in [0, 0.05) is 11.8 Å². The molecular formula is C8H16OS. The van der Waals surface area contributed by atoms with E-state index in [1.165, 1.54) is 0 Å². The normalized spacial score (nSPS) is 11.6. The summed E-state index contributed by atoms with van der Waals surface area (Å²) in [6.07, 6.45) is 1.52. The van der Waals surface area contributed by atoms with Crippen LogP contribution in [0.3, 0.4) is 0 Å². The Balaban J connectivity index is 3.96. The van der Waals surface area contributed by atoms with Gasteiger partial charge in [0.25, 0.3) is 0 Å². The third-order valence-electron chi connectivity index (χ3n) is 1.81. The van der Waals surface area contributed by atoms with Crippen LogP contribution in [0.5, 0.6) is 0 Å². The molecule has 0 aliphatic heterocycles. The van der Waals surface area contributed by atoms with Gasteiger partial charge in [0.15, 0.2) is 0 Å². The van der Waals surface area contributed by atoms with Crippen molar-refractivity contribution in [1.82, 2.24) is 0 Å². The van der Waals surface area contributed by atoms with Gasteiger partial charge in [-0.05, 0) is 12.2 Å². The molecule has 0 fully saturated rings. The number of hydrogen-bond acceptors (Lipinski definition) is 2. The van der Waals surface area contributed by atoms with Gasteiger partial charge in [-0.15, -0.1) is 0 Å². The molecule has 1 nitrogen and oxygen atoms in total. The summed E-state index contributed by atoms with van der Waals surface area (Å²) in [6.45, 7) is 5.87. The molecule has 0 heterocycles. The Labute approximate surface area is 68.6 Å². The Kier molecular flexibility index (Phi) is 4.02. The van der Waals surface area contributed by atoms with E-state index in [0.29, 0.717) is 12.2 Å². The van der Waals surface area contributed by atoms with Crippen molar-refractivity contribution in [2.75, 3.05) is 5.75 Å². The standard InChI is InChI=1S/C8H16OS/c1-4-7(9)8(2,3)5-6-10/h10H,4-6H2,1-3H3. The summed E-state index contributed by atoms with van der Waals surface area (Å²) >= 11 is 4.10. The molecule has 10 heavy (non-hydrogen) atoms. The number of carbonyl (C=O) groups excluding carboxylic acids is 1.